The van der Waals surface area contributed by atoms with E-state index in [0.29, 0.717) is 17.8 Å². The summed E-state index contributed by atoms with van der Waals surface area (Å²) in [5.74, 6) is 0.964. The van der Waals surface area contributed by atoms with Gasteiger partial charge in [0.2, 0.25) is 0 Å². The molecule has 1 aliphatic carbocycles. The quantitative estimate of drug-likeness (QED) is 0.335. The van der Waals surface area contributed by atoms with Gasteiger partial charge in [0.15, 0.2) is 0 Å². The highest BCUT2D eigenvalue weighted by atomic mass is 16.4. The summed E-state index contributed by atoms with van der Waals surface area (Å²) < 4.78 is 0. The Labute approximate surface area is 127 Å². The zero-order valence-corrected chi connectivity index (χ0v) is 13.1. The van der Waals surface area contributed by atoms with Crippen molar-refractivity contribution in [3.05, 3.63) is 35.9 Å². The lowest BCUT2D eigenvalue weighted by Crippen LogP contribution is -2.37. The minimum atomic E-state index is -0.0380. The summed E-state index contributed by atoms with van der Waals surface area (Å²) in [6.07, 6.45) is 3.74. The van der Waals surface area contributed by atoms with Gasteiger partial charge in [0, 0.05) is 12.6 Å². The van der Waals surface area contributed by atoms with Crippen LogP contribution in [0.3, 0.4) is 0 Å². The Bertz CT molecular complexity index is 454. The van der Waals surface area contributed by atoms with Crippen molar-refractivity contribution in [2.45, 2.75) is 45.1 Å². The third-order valence-corrected chi connectivity index (χ3v) is 4.15. The third kappa shape index (κ3) is 4.74. The van der Waals surface area contributed by atoms with Crippen LogP contribution in [0, 0.1) is 5.92 Å². The van der Waals surface area contributed by atoms with Crippen LogP contribution in [0.1, 0.15) is 44.6 Å². The van der Waals surface area contributed by atoms with E-state index in [2.05, 4.69) is 36.0 Å². The molecule has 116 valence electrons. The van der Waals surface area contributed by atoms with Crippen molar-refractivity contribution in [3.8, 4) is 0 Å². The number of hydrogen-bond acceptors (Lipinski definition) is 3. The number of rotatable bonds is 8. The highest BCUT2D eigenvalue weighted by Crippen LogP contribution is 2.30. The van der Waals surface area contributed by atoms with Gasteiger partial charge in [-0.3, -0.25) is 4.90 Å². The number of amidine groups is 1. The first-order valence-electron chi connectivity index (χ1n) is 7.88. The molecule has 1 unspecified atom stereocenters. The molecule has 0 aromatic heterocycles. The van der Waals surface area contributed by atoms with Crippen molar-refractivity contribution in [1.29, 1.82) is 0 Å². The van der Waals surface area contributed by atoms with Crippen LogP contribution >= 0.6 is 0 Å². The molecule has 0 heterocycles. The van der Waals surface area contributed by atoms with E-state index in [4.69, 9.17) is 10.9 Å². The Morgan fingerprint density at radius 3 is 2.52 bits per heavy atom. The second kappa shape index (κ2) is 7.46. The Hall–Kier alpha value is -1.55. The van der Waals surface area contributed by atoms with Gasteiger partial charge in [-0.25, -0.2) is 0 Å². The lowest BCUT2D eigenvalue weighted by Gasteiger charge is -2.27. The lowest BCUT2D eigenvalue weighted by molar-refractivity contribution is 0.242. The average Bonchev–Trinajstić information content (AvgIpc) is 3.32. The van der Waals surface area contributed by atoms with Crippen molar-refractivity contribution in [2.24, 2.45) is 16.8 Å². The molecule has 4 heteroatoms. The fourth-order valence-corrected chi connectivity index (χ4v) is 2.65. The monoisotopic (exact) mass is 289 g/mol. The Morgan fingerprint density at radius 2 is 2.00 bits per heavy atom. The molecule has 21 heavy (non-hydrogen) atoms. The molecule has 1 saturated carbocycles. The van der Waals surface area contributed by atoms with E-state index in [-0.39, 0.29) is 5.92 Å². The molecule has 0 amide bonds. The molecule has 2 rings (SSSR count). The van der Waals surface area contributed by atoms with E-state index in [1.54, 1.807) is 0 Å². The smallest absolute Gasteiger partial charge is 0.147 e. The van der Waals surface area contributed by atoms with Crippen molar-refractivity contribution in [3.63, 3.8) is 0 Å². The van der Waals surface area contributed by atoms with Gasteiger partial charge >= 0.3 is 0 Å². The molecule has 1 atom stereocenters. The molecule has 3 N–H and O–H groups in total. The van der Waals surface area contributed by atoms with Gasteiger partial charge < -0.3 is 10.9 Å². The molecule has 0 aliphatic heterocycles. The van der Waals surface area contributed by atoms with Gasteiger partial charge in [-0.15, -0.1) is 0 Å². The molecular formula is C17H27N3O. The standard InChI is InChI=1S/C17H27N3O/c1-13(2)10-11-20(15-8-9-15)12-16(17(18)19-21)14-6-4-3-5-7-14/h3-7,13,15-16,21H,8-12H2,1-2H3,(H2,18,19). The zero-order chi connectivity index (χ0) is 15.2. The first-order valence-corrected chi connectivity index (χ1v) is 7.88. The average molecular weight is 289 g/mol. The third-order valence-electron chi connectivity index (χ3n) is 4.15. The first kappa shape index (κ1) is 15.8. The number of hydrogen-bond donors (Lipinski definition) is 2. The highest BCUT2D eigenvalue weighted by molar-refractivity contribution is 5.87. The second-order valence-corrected chi connectivity index (χ2v) is 6.40. The van der Waals surface area contributed by atoms with E-state index in [1.807, 2.05) is 18.2 Å². The van der Waals surface area contributed by atoms with Gasteiger partial charge in [0.1, 0.15) is 5.84 Å². The molecule has 1 aromatic carbocycles. The summed E-state index contributed by atoms with van der Waals surface area (Å²) >= 11 is 0. The van der Waals surface area contributed by atoms with E-state index in [9.17, 15) is 0 Å². The van der Waals surface area contributed by atoms with E-state index in [1.165, 1.54) is 19.3 Å². The SMILES string of the molecule is CC(C)CCN(CC(/C(N)=N/O)c1ccccc1)C1CC1. The molecule has 1 aromatic rings. The minimum Gasteiger partial charge on any atom is -0.409 e. The van der Waals surface area contributed by atoms with Crippen molar-refractivity contribution < 1.29 is 5.21 Å². The van der Waals surface area contributed by atoms with Crippen molar-refractivity contribution in [1.82, 2.24) is 4.90 Å². The van der Waals surface area contributed by atoms with Crippen molar-refractivity contribution in [2.75, 3.05) is 13.1 Å². The van der Waals surface area contributed by atoms with Crippen LogP contribution in [0.5, 0.6) is 0 Å². The predicted octanol–water partition coefficient (Wildman–Crippen LogP) is 3.03. The van der Waals surface area contributed by atoms with Crippen LogP contribution in [-0.4, -0.2) is 35.1 Å². The summed E-state index contributed by atoms with van der Waals surface area (Å²) in [5, 5.41) is 12.4. The second-order valence-electron chi connectivity index (χ2n) is 6.40. The Balaban J connectivity index is 2.09. The van der Waals surface area contributed by atoms with E-state index < -0.39 is 0 Å². The van der Waals surface area contributed by atoms with Gasteiger partial charge in [-0.2, -0.15) is 0 Å². The maximum Gasteiger partial charge on any atom is 0.147 e. The Morgan fingerprint density at radius 1 is 1.33 bits per heavy atom. The molecule has 0 saturated heterocycles. The predicted molar refractivity (Wildman–Crippen MR) is 86.6 cm³/mol. The summed E-state index contributed by atoms with van der Waals surface area (Å²) in [7, 11) is 0. The molecule has 0 bridgehead atoms. The molecule has 0 spiro atoms. The van der Waals surface area contributed by atoms with Crippen LogP contribution in [-0.2, 0) is 0 Å². The number of nitrogens with two attached hydrogens (primary N) is 1. The normalized spacial score (nSPS) is 17.4. The summed E-state index contributed by atoms with van der Waals surface area (Å²) in [5.41, 5.74) is 7.06. The topological polar surface area (TPSA) is 61.8 Å². The summed E-state index contributed by atoms with van der Waals surface area (Å²) in [4.78, 5) is 2.51. The maximum absolute atomic E-state index is 9.10. The van der Waals surface area contributed by atoms with Crippen LogP contribution in [0.25, 0.3) is 0 Å². The van der Waals surface area contributed by atoms with Gasteiger partial charge in [-0.1, -0.05) is 49.3 Å². The zero-order valence-electron chi connectivity index (χ0n) is 13.1. The summed E-state index contributed by atoms with van der Waals surface area (Å²) in [6, 6.07) is 10.8. The maximum atomic E-state index is 9.10. The molecule has 1 aliphatic rings. The van der Waals surface area contributed by atoms with E-state index >= 15 is 0 Å². The first-order chi connectivity index (χ1) is 10.1. The molecule has 1 fully saturated rings. The lowest BCUT2D eigenvalue weighted by atomic mass is 9.97. The fraction of sp³-hybridized carbons (Fsp3) is 0.588. The fourth-order valence-electron chi connectivity index (χ4n) is 2.65. The van der Waals surface area contributed by atoms with Crippen LogP contribution < -0.4 is 5.73 Å². The van der Waals surface area contributed by atoms with Crippen molar-refractivity contribution >= 4 is 5.84 Å². The number of nitrogens with zero attached hydrogens (tertiary/aromatic N) is 2. The minimum absolute atomic E-state index is 0.0380. The van der Waals surface area contributed by atoms with Crippen LogP contribution in [0.2, 0.25) is 0 Å². The molecule has 0 radical (unpaired) electrons. The van der Waals surface area contributed by atoms with E-state index in [0.717, 1.165) is 18.7 Å². The number of benzene rings is 1. The van der Waals surface area contributed by atoms with Gasteiger partial charge in [0.25, 0.3) is 0 Å². The highest BCUT2D eigenvalue weighted by Gasteiger charge is 2.31. The van der Waals surface area contributed by atoms with Gasteiger partial charge in [0.05, 0.1) is 5.92 Å². The van der Waals surface area contributed by atoms with Gasteiger partial charge in [-0.05, 0) is 37.3 Å². The largest absolute Gasteiger partial charge is 0.409 e. The number of oxime groups is 1. The molecule has 4 nitrogen and oxygen atoms in total. The summed E-state index contributed by atoms with van der Waals surface area (Å²) in [6.45, 7) is 6.42. The van der Waals surface area contributed by atoms with Crippen LogP contribution in [0.15, 0.2) is 35.5 Å². The Kier molecular flexibility index (Phi) is 5.62. The van der Waals surface area contributed by atoms with Crippen LogP contribution in [0.4, 0.5) is 0 Å². The molecular weight excluding hydrogens is 262 g/mol.